The fourth-order valence-corrected chi connectivity index (χ4v) is 1.78. The van der Waals surface area contributed by atoms with Gasteiger partial charge in [-0.25, -0.2) is 8.78 Å². The molecule has 0 fully saturated rings. The van der Waals surface area contributed by atoms with Crippen LogP contribution in [-0.4, -0.2) is 5.78 Å². The summed E-state index contributed by atoms with van der Waals surface area (Å²) in [6.45, 7) is 3.27. The third kappa shape index (κ3) is 2.06. The van der Waals surface area contributed by atoms with Gasteiger partial charge in [-0.3, -0.25) is 4.79 Å². The van der Waals surface area contributed by atoms with Gasteiger partial charge in [-0.05, 0) is 30.7 Å². The third-order valence-electron chi connectivity index (χ3n) is 2.80. The number of halogens is 2. The highest BCUT2D eigenvalue weighted by atomic mass is 19.1. The van der Waals surface area contributed by atoms with Crippen LogP contribution < -0.4 is 0 Å². The fourth-order valence-electron chi connectivity index (χ4n) is 1.78. The molecule has 1 aromatic carbocycles. The van der Waals surface area contributed by atoms with Crippen LogP contribution in [0.4, 0.5) is 8.78 Å². The Bertz CT molecular complexity index is 600. The van der Waals surface area contributed by atoms with Gasteiger partial charge in [0, 0.05) is 6.42 Å². The van der Waals surface area contributed by atoms with Crippen molar-refractivity contribution in [2.24, 2.45) is 0 Å². The lowest BCUT2D eigenvalue weighted by atomic mass is 10.0. The van der Waals surface area contributed by atoms with E-state index >= 15 is 0 Å². The lowest BCUT2D eigenvalue weighted by molar-refractivity contribution is 0.103. The van der Waals surface area contributed by atoms with E-state index in [2.05, 4.69) is 0 Å². The number of benzene rings is 1. The van der Waals surface area contributed by atoms with Crippen LogP contribution in [0.15, 0.2) is 28.9 Å². The maximum absolute atomic E-state index is 13.7. The van der Waals surface area contributed by atoms with Gasteiger partial charge in [0.25, 0.3) is 0 Å². The summed E-state index contributed by atoms with van der Waals surface area (Å²) in [5.74, 6) is -1.40. The van der Waals surface area contributed by atoms with E-state index in [4.69, 9.17) is 4.42 Å². The minimum absolute atomic E-state index is 0.173. The van der Waals surface area contributed by atoms with Crippen LogP contribution in [-0.2, 0) is 6.42 Å². The summed E-state index contributed by atoms with van der Waals surface area (Å²) in [5, 5.41) is 0. The van der Waals surface area contributed by atoms with Crippen molar-refractivity contribution in [3.63, 3.8) is 0 Å². The molecule has 0 amide bonds. The number of furan rings is 1. The van der Waals surface area contributed by atoms with Crippen molar-refractivity contribution in [3.8, 4) is 0 Å². The molecule has 1 heterocycles. The molecule has 0 saturated carbocycles. The molecule has 18 heavy (non-hydrogen) atoms. The highest BCUT2D eigenvalue weighted by Crippen LogP contribution is 2.21. The quantitative estimate of drug-likeness (QED) is 0.778. The monoisotopic (exact) mass is 250 g/mol. The summed E-state index contributed by atoms with van der Waals surface area (Å²) in [7, 11) is 0. The molecule has 94 valence electrons. The lowest BCUT2D eigenvalue weighted by Gasteiger charge is -2.04. The molecule has 0 aliphatic rings. The Balaban J connectivity index is 2.50. The second kappa shape index (κ2) is 4.72. The van der Waals surface area contributed by atoms with Crippen molar-refractivity contribution in [3.05, 3.63) is 58.5 Å². The number of ketones is 1. The Morgan fingerprint density at radius 1 is 1.22 bits per heavy atom. The topological polar surface area (TPSA) is 30.2 Å². The Kier molecular flexibility index (Phi) is 3.28. The van der Waals surface area contributed by atoms with Crippen molar-refractivity contribution < 1.29 is 18.0 Å². The number of carbonyl (C=O) groups excluding carboxylic acids is 1. The highest BCUT2D eigenvalue weighted by molar-refractivity contribution is 6.09. The first-order valence-corrected chi connectivity index (χ1v) is 5.61. The van der Waals surface area contributed by atoms with E-state index in [1.54, 1.807) is 0 Å². The van der Waals surface area contributed by atoms with Gasteiger partial charge in [0.2, 0.25) is 0 Å². The van der Waals surface area contributed by atoms with Crippen LogP contribution in [0.2, 0.25) is 0 Å². The second-order valence-electron chi connectivity index (χ2n) is 4.02. The lowest BCUT2D eigenvalue weighted by Crippen LogP contribution is -2.07. The molecule has 0 bridgehead atoms. The molecule has 0 spiro atoms. The Labute approximate surface area is 103 Å². The summed E-state index contributed by atoms with van der Waals surface area (Å²) in [6, 6.07) is 3.42. The molecule has 2 aromatic rings. The molecular weight excluding hydrogens is 238 g/mol. The molecule has 0 unspecified atom stereocenters. The summed E-state index contributed by atoms with van der Waals surface area (Å²) in [5.41, 5.74) is 0.181. The molecule has 0 aliphatic heterocycles. The predicted molar refractivity (Wildman–Crippen MR) is 62.6 cm³/mol. The number of carbonyl (C=O) groups is 1. The van der Waals surface area contributed by atoms with Crippen molar-refractivity contribution in [2.45, 2.75) is 20.3 Å². The average Bonchev–Trinajstić information content (AvgIpc) is 2.81. The van der Waals surface area contributed by atoms with E-state index in [-0.39, 0.29) is 16.7 Å². The van der Waals surface area contributed by atoms with Crippen LogP contribution in [0, 0.1) is 18.6 Å². The zero-order chi connectivity index (χ0) is 13.3. The molecule has 2 nitrogen and oxygen atoms in total. The van der Waals surface area contributed by atoms with Crippen molar-refractivity contribution >= 4 is 5.78 Å². The van der Waals surface area contributed by atoms with Gasteiger partial charge in [0.05, 0.1) is 17.4 Å². The molecule has 0 atom stereocenters. The number of aryl methyl sites for hydroxylation is 2. The Morgan fingerprint density at radius 3 is 2.61 bits per heavy atom. The standard InChI is InChI=1S/C14H12F2O2/c1-3-13-9(4-5-18-13)14(17)10-7-11(15)8(2)6-12(10)16/h4-7H,3H2,1-2H3. The number of hydrogen-bond donors (Lipinski definition) is 0. The molecule has 0 N–H and O–H groups in total. The van der Waals surface area contributed by atoms with Gasteiger partial charge in [0.1, 0.15) is 17.4 Å². The molecule has 4 heteroatoms. The highest BCUT2D eigenvalue weighted by Gasteiger charge is 2.20. The molecule has 0 radical (unpaired) electrons. The van der Waals surface area contributed by atoms with Crippen LogP contribution >= 0.6 is 0 Å². The van der Waals surface area contributed by atoms with E-state index < -0.39 is 17.4 Å². The average molecular weight is 250 g/mol. The van der Waals surface area contributed by atoms with Gasteiger partial charge in [-0.1, -0.05) is 6.92 Å². The van der Waals surface area contributed by atoms with Crippen LogP contribution in [0.25, 0.3) is 0 Å². The third-order valence-corrected chi connectivity index (χ3v) is 2.80. The largest absolute Gasteiger partial charge is 0.469 e. The van der Waals surface area contributed by atoms with Gasteiger partial charge in [-0.15, -0.1) is 0 Å². The molecule has 1 aromatic heterocycles. The molecule has 0 aliphatic carbocycles. The van der Waals surface area contributed by atoms with E-state index in [9.17, 15) is 13.6 Å². The molecule has 0 saturated heterocycles. The van der Waals surface area contributed by atoms with E-state index in [1.165, 1.54) is 19.3 Å². The van der Waals surface area contributed by atoms with Crippen molar-refractivity contribution in [1.29, 1.82) is 0 Å². The summed E-state index contributed by atoms with van der Waals surface area (Å²) in [4.78, 5) is 12.1. The first-order chi connectivity index (χ1) is 8.54. The van der Waals surface area contributed by atoms with E-state index in [1.807, 2.05) is 6.92 Å². The first kappa shape index (κ1) is 12.5. The Hall–Kier alpha value is -1.97. The normalized spacial score (nSPS) is 10.7. The maximum Gasteiger partial charge on any atom is 0.199 e. The summed E-state index contributed by atoms with van der Waals surface area (Å²) >= 11 is 0. The van der Waals surface area contributed by atoms with Crippen LogP contribution in [0.3, 0.4) is 0 Å². The number of rotatable bonds is 3. The SMILES string of the molecule is CCc1occc1C(=O)c1cc(F)c(C)cc1F. The fraction of sp³-hybridized carbons (Fsp3) is 0.214. The maximum atomic E-state index is 13.7. The summed E-state index contributed by atoms with van der Waals surface area (Å²) in [6.07, 6.45) is 1.89. The van der Waals surface area contributed by atoms with Gasteiger partial charge in [0.15, 0.2) is 5.78 Å². The first-order valence-electron chi connectivity index (χ1n) is 5.61. The minimum atomic E-state index is -0.720. The summed E-state index contributed by atoms with van der Waals surface area (Å²) < 4.78 is 32.2. The van der Waals surface area contributed by atoms with E-state index in [0.29, 0.717) is 12.2 Å². The zero-order valence-corrected chi connectivity index (χ0v) is 10.1. The van der Waals surface area contributed by atoms with Gasteiger partial charge in [-0.2, -0.15) is 0 Å². The van der Waals surface area contributed by atoms with Crippen LogP contribution in [0.5, 0.6) is 0 Å². The second-order valence-corrected chi connectivity index (χ2v) is 4.02. The van der Waals surface area contributed by atoms with Crippen LogP contribution in [0.1, 0.15) is 34.2 Å². The molecule has 2 rings (SSSR count). The van der Waals surface area contributed by atoms with Crippen molar-refractivity contribution in [1.82, 2.24) is 0 Å². The smallest absolute Gasteiger partial charge is 0.199 e. The van der Waals surface area contributed by atoms with Crippen molar-refractivity contribution in [2.75, 3.05) is 0 Å². The molecular formula is C14H12F2O2. The zero-order valence-electron chi connectivity index (χ0n) is 10.1. The predicted octanol–water partition coefficient (Wildman–Crippen LogP) is 3.66. The Morgan fingerprint density at radius 2 is 1.94 bits per heavy atom. The van der Waals surface area contributed by atoms with E-state index in [0.717, 1.165) is 12.1 Å². The number of hydrogen-bond acceptors (Lipinski definition) is 2. The van der Waals surface area contributed by atoms with Gasteiger partial charge >= 0.3 is 0 Å². The minimum Gasteiger partial charge on any atom is -0.469 e. The van der Waals surface area contributed by atoms with Gasteiger partial charge < -0.3 is 4.42 Å².